The van der Waals surface area contributed by atoms with Crippen LogP contribution in [0.3, 0.4) is 0 Å². The number of benzene rings is 2. The molecule has 2 aromatic rings. The van der Waals surface area contributed by atoms with Crippen LogP contribution in [0.1, 0.15) is 53.4 Å². The molecule has 0 spiro atoms. The number of hydrogen-bond donors (Lipinski definition) is 0. The lowest BCUT2D eigenvalue weighted by molar-refractivity contribution is 0.0792. The number of piperidine rings is 1. The van der Waals surface area contributed by atoms with Gasteiger partial charge in [-0.05, 0) is 40.6 Å². The van der Waals surface area contributed by atoms with E-state index in [9.17, 15) is 4.79 Å². The number of carbonyl (C=O) groups is 1. The zero-order valence-electron chi connectivity index (χ0n) is 20.2. The Labute approximate surface area is 195 Å². The number of amides is 1. The summed E-state index contributed by atoms with van der Waals surface area (Å²) in [7, 11) is -2.50. The van der Waals surface area contributed by atoms with Crippen molar-refractivity contribution < 1.29 is 14.0 Å². The van der Waals surface area contributed by atoms with Crippen LogP contribution in [0, 0.1) is 5.92 Å². The summed E-state index contributed by atoms with van der Waals surface area (Å²) in [5.74, 6) is 0.455. The molecule has 0 radical (unpaired) electrons. The van der Waals surface area contributed by atoms with E-state index >= 15 is 0 Å². The molecule has 174 valence electrons. The molecule has 0 N–H and O–H groups in total. The maximum Gasteiger partial charge on any atom is 0.409 e. The second-order valence-corrected chi connectivity index (χ2v) is 14.2. The summed E-state index contributed by atoms with van der Waals surface area (Å²) in [6.07, 6.45) is 3.72. The Morgan fingerprint density at radius 3 is 1.97 bits per heavy atom. The molecule has 5 heteroatoms. The van der Waals surface area contributed by atoms with E-state index in [-0.39, 0.29) is 11.1 Å². The Morgan fingerprint density at radius 2 is 1.50 bits per heavy atom. The monoisotopic (exact) mass is 453 g/mol. The highest BCUT2D eigenvalue weighted by Gasteiger charge is 2.50. The standard InChI is InChI=1S/C27H39NO3Si/c1-5-6-21-30-26(29)28-19-17-23(18-20-28)22-31-32(27(2,3)4,24-13-9-7-10-14-24)25-15-11-8-12-16-25/h7-16,23H,5-6,17-22H2,1-4H3. The summed E-state index contributed by atoms with van der Waals surface area (Å²) >= 11 is 0. The minimum Gasteiger partial charge on any atom is -0.449 e. The van der Waals surface area contributed by atoms with Gasteiger partial charge in [0.05, 0.1) is 6.61 Å². The number of hydrogen-bond acceptors (Lipinski definition) is 3. The van der Waals surface area contributed by atoms with Gasteiger partial charge in [-0.1, -0.05) is 94.8 Å². The topological polar surface area (TPSA) is 38.8 Å². The largest absolute Gasteiger partial charge is 0.449 e. The zero-order valence-corrected chi connectivity index (χ0v) is 21.2. The number of ether oxygens (including phenoxy) is 1. The first-order valence-electron chi connectivity index (χ1n) is 12.0. The smallest absolute Gasteiger partial charge is 0.409 e. The third kappa shape index (κ3) is 5.62. The third-order valence-corrected chi connectivity index (χ3v) is 11.6. The van der Waals surface area contributed by atoms with Crippen molar-refractivity contribution in [3.05, 3.63) is 60.7 Å². The summed E-state index contributed by atoms with van der Waals surface area (Å²) in [6, 6.07) is 21.6. The molecule has 4 nitrogen and oxygen atoms in total. The maximum atomic E-state index is 12.3. The number of rotatable bonds is 8. The fourth-order valence-electron chi connectivity index (χ4n) is 4.68. The number of unbranched alkanes of at least 4 members (excludes halogenated alkanes) is 1. The molecule has 1 aliphatic heterocycles. The van der Waals surface area contributed by atoms with Gasteiger partial charge in [0.2, 0.25) is 0 Å². The lowest BCUT2D eigenvalue weighted by Crippen LogP contribution is -2.67. The van der Waals surface area contributed by atoms with Gasteiger partial charge in [-0.25, -0.2) is 4.79 Å². The normalized spacial score (nSPS) is 15.6. The van der Waals surface area contributed by atoms with Gasteiger partial charge >= 0.3 is 6.09 Å². The first-order valence-corrected chi connectivity index (χ1v) is 14.0. The third-order valence-electron chi connectivity index (χ3n) is 6.55. The molecule has 0 bridgehead atoms. The van der Waals surface area contributed by atoms with E-state index < -0.39 is 8.32 Å². The van der Waals surface area contributed by atoms with Crippen molar-refractivity contribution in [1.82, 2.24) is 4.90 Å². The Bertz CT molecular complexity index is 787. The molecule has 0 aliphatic carbocycles. The van der Waals surface area contributed by atoms with Gasteiger partial charge in [0.1, 0.15) is 0 Å². The summed E-state index contributed by atoms with van der Waals surface area (Å²) in [5.41, 5.74) is 0. The second-order valence-electron chi connectivity index (χ2n) is 9.87. The molecular formula is C27H39NO3Si. The molecule has 2 aromatic carbocycles. The summed E-state index contributed by atoms with van der Waals surface area (Å²) in [5, 5.41) is 2.62. The Balaban J connectivity index is 1.73. The molecule has 1 amide bonds. The quantitative estimate of drug-likeness (QED) is 0.407. The van der Waals surface area contributed by atoms with Gasteiger partial charge in [0, 0.05) is 19.7 Å². The van der Waals surface area contributed by atoms with Crippen LogP contribution < -0.4 is 10.4 Å². The van der Waals surface area contributed by atoms with E-state index in [1.54, 1.807) is 0 Å². The van der Waals surface area contributed by atoms with Crippen LogP contribution in [0.25, 0.3) is 0 Å². The zero-order chi connectivity index (χ0) is 23.0. The number of likely N-dealkylation sites (tertiary alicyclic amines) is 1. The first kappa shape index (κ1) is 24.5. The van der Waals surface area contributed by atoms with Gasteiger partial charge in [0.15, 0.2) is 0 Å². The van der Waals surface area contributed by atoms with E-state index in [0.29, 0.717) is 12.5 Å². The van der Waals surface area contributed by atoms with Crippen molar-refractivity contribution in [2.45, 2.75) is 58.4 Å². The van der Waals surface area contributed by atoms with E-state index in [1.165, 1.54) is 10.4 Å². The summed E-state index contributed by atoms with van der Waals surface area (Å²) in [4.78, 5) is 14.1. The Hall–Kier alpha value is -2.11. The predicted molar refractivity (Wildman–Crippen MR) is 134 cm³/mol. The average Bonchev–Trinajstić information content (AvgIpc) is 2.80. The Kier molecular flexibility index (Phi) is 8.55. The van der Waals surface area contributed by atoms with Crippen molar-refractivity contribution >= 4 is 24.8 Å². The highest BCUT2D eigenvalue weighted by atomic mass is 28.4. The molecule has 0 unspecified atom stereocenters. The SMILES string of the molecule is CCCCOC(=O)N1CCC(CO[Si](c2ccccc2)(c2ccccc2)C(C)(C)C)CC1. The van der Waals surface area contributed by atoms with Crippen molar-refractivity contribution in [3.63, 3.8) is 0 Å². The molecule has 0 saturated carbocycles. The van der Waals surface area contributed by atoms with E-state index in [2.05, 4.69) is 88.4 Å². The summed E-state index contributed by atoms with van der Waals surface area (Å²) < 4.78 is 12.5. The van der Waals surface area contributed by atoms with Crippen LogP contribution in [-0.4, -0.2) is 45.6 Å². The van der Waals surface area contributed by atoms with Crippen LogP contribution in [0.15, 0.2) is 60.7 Å². The van der Waals surface area contributed by atoms with E-state index in [1.807, 2.05) is 4.90 Å². The minimum absolute atomic E-state index is 0.0144. The van der Waals surface area contributed by atoms with Crippen molar-refractivity contribution in [3.8, 4) is 0 Å². The van der Waals surface area contributed by atoms with Crippen molar-refractivity contribution in [1.29, 1.82) is 0 Å². The van der Waals surface area contributed by atoms with Gasteiger partial charge < -0.3 is 14.1 Å². The van der Waals surface area contributed by atoms with Crippen LogP contribution in [-0.2, 0) is 9.16 Å². The van der Waals surface area contributed by atoms with Crippen LogP contribution in [0.4, 0.5) is 4.79 Å². The summed E-state index contributed by atoms with van der Waals surface area (Å²) in [6.45, 7) is 11.8. The van der Waals surface area contributed by atoms with Crippen LogP contribution in [0.5, 0.6) is 0 Å². The molecule has 0 aromatic heterocycles. The van der Waals surface area contributed by atoms with Gasteiger partial charge in [-0.3, -0.25) is 0 Å². The first-order chi connectivity index (χ1) is 15.4. The fourth-order valence-corrected chi connectivity index (χ4v) is 9.32. The number of carbonyl (C=O) groups excluding carboxylic acids is 1. The van der Waals surface area contributed by atoms with Crippen molar-refractivity contribution in [2.24, 2.45) is 5.92 Å². The van der Waals surface area contributed by atoms with Gasteiger partial charge in [-0.15, -0.1) is 0 Å². The fraction of sp³-hybridized carbons (Fsp3) is 0.519. The van der Waals surface area contributed by atoms with Gasteiger partial charge in [0.25, 0.3) is 8.32 Å². The molecule has 32 heavy (non-hydrogen) atoms. The Morgan fingerprint density at radius 1 is 0.969 bits per heavy atom. The highest BCUT2D eigenvalue weighted by molar-refractivity contribution is 6.99. The molecular weight excluding hydrogens is 414 g/mol. The molecule has 1 aliphatic rings. The molecule has 1 saturated heterocycles. The lowest BCUT2D eigenvalue weighted by atomic mass is 9.98. The molecule has 1 heterocycles. The van der Waals surface area contributed by atoms with Crippen LogP contribution >= 0.6 is 0 Å². The average molecular weight is 454 g/mol. The molecule has 0 atom stereocenters. The molecule has 3 rings (SSSR count). The lowest BCUT2D eigenvalue weighted by Gasteiger charge is -2.44. The second kappa shape index (κ2) is 11.1. The van der Waals surface area contributed by atoms with Crippen molar-refractivity contribution in [2.75, 3.05) is 26.3 Å². The molecule has 1 fully saturated rings. The van der Waals surface area contributed by atoms with Gasteiger partial charge in [-0.2, -0.15) is 0 Å². The predicted octanol–water partition coefficient (Wildman–Crippen LogP) is 5.21. The minimum atomic E-state index is -2.50. The van der Waals surface area contributed by atoms with E-state index in [4.69, 9.17) is 9.16 Å². The highest BCUT2D eigenvalue weighted by Crippen LogP contribution is 2.37. The number of nitrogens with zero attached hydrogens (tertiary/aromatic N) is 1. The van der Waals surface area contributed by atoms with E-state index in [0.717, 1.165) is 45.4 Å². The van der Waals surface area contributed by atoms with Crippen LogP contribution in [0.2, 0.25) is 5.04 Å². The maximum absolute atomic E-state index is 12.3.